The van der Waals surface area contributed by atoms with Gasteiger partial charge in [0.1, 0.15) is 17.3 Å². The molecule has 32 heavy (non-hydrogen) atoms. The second-order valence-electron chi connectivity index (χ2n) is 7.61. The Bertz CT molecular complexity index is 735. The van der Waals surface area contributed by atoms with Crippen molar-refractivity contribution in [2.45, 2.75) is 38.5 Å². The summed E-state index contributed by atoms with van der Waals surface area (Å²) in [4.78, 5) is 23.8. The van der Waals surface area contributed by atoms with Crippen molar-refractivity contribution < 1.29 is 29.3 Å². The Balaban J connectivity index is 1.35. The van der Waals surface area contributed by atoms with E-state index in [0.29, 0.717) is 45.8 Å². The second-order valence-corrected chi connectivity index (χ2v) is 7.61. The van der Waals surface area contributed by atoms with Crippen molar-refractivity contribution in [2.75, 3.05) is 33.0 Å². The minimum absolute atomic E-state index is 0.0550. The lowest BCUT2D eigenvalue weighted by Gasteiger charge is -2.07. The van der Waals surface area contributed by atoms with Gasteiger partial charge in [-0.1, -0.05) is 24.3 Å². The minimum atomic E-state index is -0.0550. The van der Waals surface area contributed by atoms with Crippen molar-refractivity contribution >= 4 is 11.7 Å². The lowest BCUT2D eigenvalue weighted by Crippen LogP contribution is -2.26. The van der Waals surface area contributed by atoms with Crippen LogP contribution in [-0.2, 0) is 31.9 Å². The first kappa shape index (κ1) is 25.4. The van der Waals surface area contributed by atoms with Crippen LogP contribution in [0.3, 0.4) is 0 Å². The largest absolute Gasteiger partial charge is 0.508 e. The van der Waals surface area contributed by atoms with E-state index in [-0.39, 0.29) is 29.6 Å². The summed E-state index contributed by atoms with van der Waals surface area (Å²) >= 11 is 0. The number of nitrogens with one attached hydrogen (secondary N) is 1. The van der Waals surface area contributed by atoms with Crippen molar-refractivity contribution in [2.24, 2.45) is 0 Å². The minimum Gasteiger partial charge on any atom is -0.508 e. The number of ketones is 1. The highest BCUT2D eigenvalue weighted by molar-refractivity contribution is 5.80. The van der Waals surface area contributed by atoms with E-state index < -0.39 is 0 Å². The summed E-state index contributed by atoms with van der Waals surface area (Å²) in [5.74, 6) is 0.526. The molecule has 7 heteroatoms. The predicted octanol–water partition coefficient (Wildman–Crippen LogP) is 3.16. The van der Waals surface area contributed by atoms with E-state index in [2.05, 4.69) is 5.32 Å². The lowest BCUT2D eigenvalue weighted by molar-refractivity contribution is -0.120. The van der Waals surface area contributed by atoms with Crippen molar-refractivity contribution in [1.29, 1.82) is 0 Å². The average Bonchev–Trinajstić information content (AvgIpc) is 2.77. The number of amides is 1. The molecule has 0 saturated heterocycles. The smallest absolute Gasteiger partial charge is 0.224 e. The van der Waals surface area contributed by atoms with Gasteiger partial charge < -0.3 is 25.0 Å². The van der Waals surface area contributed by atoms with Gasteiger partial charge in [-0.15, -0.1) is 0 Å². The van der Waals surface area contributed by atoms with Crippen LogP contribution in [0.4, 0.5) is 0 Å². The molecule has 0 unspecified atom stereocenters. The topological polar surface area (TPSA) is 105 Å². The highest BCUT2D eigenvalue weighted by Crippen LogP contribution is 2.12. The van der Waals surface area contributed by atoms with E-state index >= 15 is 0 Å². The Morgan fingerprint density at radius 1 is 0.688 bits per heavy atom. The molecule has 2 aromatic rings. The number of hydrogen-bond donors (Lipinski definition) is 3. The first-order valence-electron chi connectivity index (χ1n) is 11.0. The second kappa shape index (κ2) is 15.0. The van der Waals surface area contributed by atoms with Crippen LogP contribution in [0.5, 0.6) is 11.5 Å². The number of phenolic OH excluding ortho intramolecular Hbond substituents is 2. The molecule has 0 heterocycles. The average molecular weight is 444 g/mol. The molecule has 3 N–H and O–H groups in total. The van der Waals surface area contributed by atoms with E-state index in [4.69, 9.17) is 9.47 Å². The third-order valence-electron chi connectivity index (χ3n) is 4.79. The molecule has 0 aliphatic heterocycles. The Morgan fingerprint density at radius 3 is 1.81 bits per heavy atom. The summed E-state index contributed by atoms with van der Waals surface area (Å²) in [6.45, 7) is 2.71. The summed E-state index contributed by atoms with van der Waals surface area (Å²) in [6, 6.07) is 13.3. The summed E-state index contributed by atoms with van der Waals surface area (Å²) in [7, 11) is 0. The molecular weight excluding hydrogens is 410 g/mol. The van der Waals surface area contributed by atoms with Crippen molar-refractivity contribution in [3.05, 3.63) is 59.7 Å². The summed E-state index contributed by atoms with van der Waals surface area (Å²) < 4.78 is 11.0. The van der Waals surface area contributed by atoms with Crippen LogP contribution < -0.4 is 5.32 Å². The Morgan fingerprint density at radius 2 is 1.22 bits per heavy atom. The van der Waals surface area contributed by atoms with E-state index in [0.717, 1.165) is 30.4 Å². The number of Topliss-reactive ketones (excluding diaryl/α,β-unsaturated/α-hetero) is 1. The van der Waals surface area contributed by atoms with Gasteiger partial charge in [0, 0.05) is 32.6 Å². The first-order chi connectivity index (χ1) is 15.5. The summed E-state index contributed by atoms with van der Waals surface area (Å²) in [5.41, 5.74) is 1.77. The third kappa shape index (κ3) is 11.5. The van der Waals surface area contributed by atoms with E-state index in [1.54, 1.807) is 48.5 Å². The number of ether oxygens (including phenoxy) is 2. The fourth-order valence-corrected chi connectivity index (χ4v) is 3.04. The molecule has 0 spiro atoms. The van der Waals surface area contributed by atoms with Gasteiger partial charge in [-0.25, -0.2) is 0 Å². The maximum absolute atomic E-state index is 11.9. The van der Waals surface area contributed by atoms with Gasteiger partial charge in [-0.2, -0.15) is 0 Å². The molecule has 0 atom stereocenters. The number of phenols is 2. The standard InChI is InChI=1S/C25H33NO6/c27-22-9-5-20(6-10-22)18-24(29)4-1-2-14-31-16-17-32-15-3-13-26-25(30)19-21-7-11-23(28)12-8-21/h5-12,27-28H,1-4,13-19H2,(H,26,30). The zero-order chi connectivity index (χ0) is 23.0. The molecular formula is C25H33NO6. The predicted molar refractivity (Wildman–Crippen MR) is 122 cm³/mol. The first-order valence-corrected chi connectivity index (χ1v) is 11.0. The van der Waals surface area contributed by atoms with Crippen LogP contribution in [0.25, 0.3) is 0 Å². The van der Waals surface area contributed by atoms with Gasteiger partial charge in [-0.3, -0.25) is 9.59 Å². The Kier molecular flexibility index (Phi) is 11.9. The van der Waals surface area contributed by atoms with Gasteiger partial charge in [0.2, 0.25) is 5.91 Å². The van der Waals surface area contributed by atoms with E-state index in [1.165, 1.54) is 0 Å². The van der Waals surface area contributed by atoms with E-state index in [1.807, 2.05) is 0 Å². The van der Waals surface area contributed by atoms with Gasteiger partial charge in [-0.05, 0) is 54.7 Å². The molecule has 0 aliphatic carbocycles. The van der Waals surface area contributed by atoms with Crippen LogP contribution in [0.2, 0.25) is 0 Å². The normalized spacial score (nSPS) is 10.8. The molecule has 0 aromatic heterocycles. The monoisotopic (exact) mass is 443 g/mol. The SMILES string of the molecule is O=C(CCCCOCCOCCCNC(=O)Cc1ccc(O)cc1)Cc1ccc(O)cc1. The van der Waals surface area contributed by atoms with Gasteiger partial charge in [0.25, 0.3) is 0 Å². The zero-order valence-electron chi connectivity index (χ0n) is 18.4. The van der Waals surface area contributed by atoms with Crippen LogP contribution in [0.15, 0.2) is 48.5 Å². The van der Waals surface area contributed by atoms with Crippen molar-refractivity contribution in [3.63, 3.8) is 0 Å². The quantitative estimate of drug-likeness (QED) is 0.344. The van der Waals surface area contributed by atoms with Crippen LogP contribution in [0, 0.1) is 0 Å². The zero-order valence-corrected chi connectivity index (χ0v) is 18.4. The molecule has 2 rings (SSSR count). The molecule has 0 saturated carbocycles. The maximum atomic E-state index is 11.9. The Labute approximate surface area is 189 Å². The molecule has 0 bridgehead atoms. The number of hydrogen-bond acceptors (Lipinski definition) is 6. The number of aromatic hydroxyl groups is 2. The van der Waals surface area contributed by atoms with Crippen LogP contribution >= 0.6 is 0 Å². The molecule has 174 valence electrons. The molecule has 0 radical (unpaired) electrons. The number of carbonyl (C=O) groups excluding carboxylic acids is 2. The number of benzene rings is 2. The van der Waals surface area contributed by atoms with Gasteiger partial charge in [0.15, 0.2) is 0 Å². The summed E-state index contributed by atoms with van der Waals surface area (Å²) in [5, 5.41) is 21.3. The molecule has 0 fully saturated rings. The van der Waals surface area contributed by atoms with Crippen molar-refractivity contribution in [1.82, 2.24) is 5.32 Å². The molecule has 2 aromatic carbocycles. The summed E-state index contributed by atoms with van der Waals surface area (Å²) in [6.07, 6.45) is 3.56. The fraction of sp³-hybridized carbons (Fsp3) is 0.440. The van der Waals surface area contributed by atoms with E-state index in [9.17, 15) is 19.8 Å². The fourth-order valence-electron chi connectivity index (χ4n) is 3.04. The van der Waals surface area contributed by atoms with Gasteiger partial charge >= 0.3 is 0 Å². The molecule has 1 amide bonds. The third-order valence-corrected chi connectivity index (χ3v) is 4.79. The maximum Gasteiger partial charge on any atom is 0.224 e. The van der Waals surface area contributed by atoms with Crippen LogP contribution in [0.1, 0.15) is 36.8 Å². The molecule has 0 aliphatic rings. The van der Waals surface area contributed by atoms with Crippen LogP contribution in [-0.4, -0.2) is 54.9 Å². The Hall–Kier alpha value is -2.90. The highest BCUT2D eigenvalue weighted by atomic mass is 16.5. The lowest BCUT2D eigenvalue weighted by atomic mass is 10.0. The van der Waals surface area contributed by atoms with Gasteiger partial charge in [0.05, 0.1) is 19.6 Å². The number of unbranched alkanes of at least 4 members (excludes halogenated alkanes) is 1. The molecule has 7 nitrogen and oxygen atoms in total. The number of rotatable bonds is 16. The van der Waals surface area contributed by atoms with Crippen molar-refractivity contribution in [3.8, 4) is 11.5 Å². The number of carbonyl (C=O) groups is 2. The highest BCUT2D eigenvalue weighted by Gasteiger charge is 2.04.